The minimum Gasteiger partial charge on any atom is -0.455 e. The van der Waals surface area contributed by atoms with Crippen LogP contribution < -0.4 is 0 Å². The number of rotatable bonds is 48. The van der Waals surface area contributed by atoms with Gasteiger partial charge in [0.1, 0.15) is 12.2 Å². The maximum atomic E-state index is 13.9. The van der Waals surface area contributed by atoms with Gasteiger partial charge in [-0.15, -0.1) is 0 Å². The molecule has 0 heterocycles. The van der Waals surface area contributed by atoms with E-state index in [1.807, 2.05) is 38.0 Å². The average molecular weight is 931 g/mol. The highest BCUT2D eigenvalue weighted by molar-refractivity contribution is 5.71. The summed E-state index contributed by atoms with van der Waals surface area (Å²) >= 11 is 0. The van der Waals surface area contributed by atoms with E-state index in [4.69, 9.17) is 28.4 Å². The number of esters is 2. The highest BCUT2D eigenvalue weighted by atomic mass is 16.6. The molecule has 0 aliphatic heterocycles. The van der Waals surface area contributed by atoms with Crippen molar-refractivity contribution in [2.45, 2.75) is 213 Å². The van der Waals surface area contributed by atoms with Gasteiger partial charge in [-0.3, -0.25) is 9.59 Å². The highest BCUT2D eigenvalue weighted by Crippen LogP contribution is 2.36. The van der Waals surface area contributed by atoms with Crippen molar-refractivity contribution in [1.29, 1.82) is 0 Å². The first-order chi connectivity index (χ1) is 32.2. The fourth-order valence-corrected chi connectivity index (χ4v) is 7.59. The Balaban J connectivity index is 3.50. The molecule has 1 aliphatic carbocycles. The van der Waals surface area contributed by atoms with E-state index in [-0.39, 0.29) is 38.0 Å². The lowest BCUT2D eigenvalue weighted by Gasteiger charge is -2.37. The highest BCUT2D eigenvalue weighted by Gasteiger charge is 2.42. The molecule has 0 fully saturated rings. The van der Waals surface area contributed by atoms with E-state index in [1.54, 1.807) is 0 Å². The zero-order valence-corrected chi connectivity index (χ0v) is 43.9. The van der Waals surface area contributed by atoms with Gasteiger partial charge >= 0.3 is 11.9 Å². The average Bonchev–Trinajstić information content (AvgIpc) is 4.06. The van der Waals surface area contributed by atoms with Crippen LogP contribution in [0.2, 0.25) is 0 Å². The van der Waals surface area contributed by atoms with E-state index >= 15 is 0 Å². The van der Waals surface area contributed by atoms with Crippen LogP contribution in [0.4, 0.5) is 0 Å². The van der Waals surface area contributed by atoms with E-state index in [1.165, 1.54) is 82.6 Å². The van der Waals surface area contributed by atoms with Gasteiger partial charge in [0.2, 0.25) is 0 Å². The van der Waals surface area contributed by atoms with E-state index in [0.717, 1.165) is 70.6 Å². The van der Waals surface area contributed by atoms with Gasteiger partial charge in [0.15, 0.2) is 12.2 Å². The van der Waals surface area contributed by atoms with Crippen LogP contribution in [0.1, 0.15) is 188 Å². The Morgan fingerprint density at radius 2 is 0.894 bits per heavy atom. The molecule has 1 rings (SSSR count). The number of carbonyl (C=O) groups excluding carboxylic acids is 2. The summed E-state index contributed by atoms with van der Waals surface area (Å²) in [7, 11) is 7.74. The molecule has 0 N–H and O–H groups in total. The molecular formula is C56H102N2O8. The predicted octanol–water partition coefficient (Wildman–Crippen LogP) is 12.8. The van der Waals surface area contributed by atoms with Gasteiger partial charge in [-0.2, -0.15) is 0 Å². The van der Waals surface area contributed by atoms with Crippen LogP contribution >= 0.6 is 0 Å². The maximum absolute atomic E-state index is 13.9. The summed E-state index contributed by atoms with van der Waals surface area (Å²) < 4.78 is 39.2. The summed E-state index contributed by atoms with van der Waals surface area (Å²) in [5.41, 5.74) is 1.54. The molecule has 10 heteroatoms. The number of allylic oxidation sites excluding steroid dienone is 8. The summed E-state index contributed by atoms with van der Waals surface area (Å²) in [4.78, 5) is 31.6. The molecule has 0 aromatic heterocycles. The Morgan fingerprint density at radius 1 is 0.515 bits per heavy atom. The largest absolute Gasteiger partial charge is 0.455 e. The number of carbonyl (C=O) groups is 2. The van der Waals surface area contributed by atoms with Gasteiger partial charge < -0.3 is 38.2 Å². The zero-order valence-electron chi connectivity index (χ0n) is 43.9. The summed E-state index contributed by atoms with van der Waals surface area (Å²) in [6, 6.07) is 0. The zero-order chi connectivity index (χ0) is 48.3. The molecule has 0 aromatic carbocycles. The molecule has 0 bridgehead atoms. The van der Waals surface area contributed by atoms with Gasteiger partial charge in [-0.25, -0.2) is 0 Å². The van der Waals surface area contributed by atoms with Gasteiger partial charge in [-0.1, -0.05) is 127 Å². The smallest absolute Gasteiger partial charge is 0.307 e. The Bertz CT molecular complexity index is 1270. The lowest BCUT2D eigenvalue weighted by Crippen LogP contribution is -2.54. The molecule has 66 heavy (non-hydrogen) atoms. The SMILES string of the molecule is CCCCC/C=C\CCCOCC(OCCC/C=C\CCCCC)C(OC(=O)CCN(C)C)C(OC(=O)CCN(C)C)C(COCCC1C=C1CCCCC)OCCC/C=C\CCCCC. The number of ether oxygens (including phenoxy) is 6. The Hall–Kier alpha value is -2.34. The minimum absolute atomic E-state index is 0.174. The first kappa shape index (κ1) is 61.7. The standard InChI is InChI=1S/C56H102N2O8/c1-9-13-17-20-23-26-29-33-42-61-47-51(63-43-34-30-27-24-21-18-14-10-2)55(65-53(59)37-40-57(5)6)56(66-54(60)38-41-58(7)8)52(64-44-35-31-28-25-22-19-15-11-3)48-62-45-39-50-46-49(50)36-32-16-12-4/h23-28,46,50-52,55-56H,9-22,29-45,47-48H2,1-8H3/b26-23-,27-24-,28-25-. The van der Waals surface area contributed by atoms with Crippen molar-refractivity contribution in [3.8, 4) is 0 Å². The van der Waals surface area contributed by atoms with Crippen molar-refractivity contribution in [3.63, 3.8) is 0 Å². The van der Waals surface area contributed by atoms with Gasteiger partial charge in [0.05, 0.1) is 26.1 Å². The topological polar surface area (TPSA) is 96.0 Å². The molecule has 0 amide bonds. The van der Waals surface area contributed by atoms with Crippen LogP contribution in [-0.2, 0) is 38.0 Å². The first-order valence-electron chi connectivity index (χ1n) is 26.9. The lowest BCUT2D eigenvalue weighted by molar-refractivity contribution is -0.206. The molecule has 0 saturated heterocycles. The third-order valence-electron chi connectivity index (χ3n) is 11.9. The summed E-state index contributed by atoms with van der Waals surface area (Å²) in [5.74, 6) is -0.277. The summed E-state index contributed by atoms with van der Waals surface area (Å²) in [5, 5.41) is 0. The minimum atomic E-state index is -0.992. The van der Waals surface area contributed by atoms with Gasteiger partial charge in [0.25, 0.3) is 0 Å². The number of hydrogen-bond acceptors (Lipinski definition) is 10. The number of nitrogens with zero attached hydrogens (tertiary/aromatic N) is 2. The molecule has 5 atom stereocenters. The Kier molecular flexibility index (Phi) is 41.0. The molecule has 10 nitrogen and oxygen atoms in total. The predicted molar refractivity (Wildman–Crippen MR) is 275 cm³/mol. The van der Waals surface area contributed by atoms with Crippen LogP contribution in [0.15, 0.2) is 48.1 Å². The normalized spacial score (nSPS) is 15.9. The monoisotopic (exact) mass is 931 g/mol. The lowest BCUT2D eigenvalue weighted by atomic mass is 10.0. The van der Waals surface area contributed by atoms with Crippen molar-refractivity contribution in [2.24, 2.45) is 5.92 Å². The first-order valence-corrected chi connectivity index (χ1v) is 26.9. The second-order valence-electron chi connectivity index (χ2n) is 18.9. The van der Waals surface area contributed by atoms with Crippen LogP contribution in [-0.4, -0.2) is 127 Å². The molecule has 0 aromatic rings. The van der Waals surface area contributed by atoms with E-state index in [9.17, 15) is 9.59 Å². The maximum Gasteiger partial charge on any atom is 0.307 e. The third kappa shape index (κ3) is 35.8. The molecule has 1 aliphatic rings. The van der Waals surface area contributed by atoms with Gasteiger partial charge in [0, 0.05) is 45.4 Å². The third-order valence-corrected chi connectivity index (χ3v) is 11.9. The van der Waals surface area contributed by atoms with Crippen molar-refractivity contribution in [1.82, 2.24) is 9.80 Å². The van der Waals surface area contributed by atoms with Crippen LogP contribution in [0.25, 0.3) is 0 Å². The Morgan fingerprint density at radius 3 is 1.30 bits per heavy atom. The van der Waals surface area contributed by atoms with E-state index in [0.29, 0.717) is 45.4 Å². The Labute approximate surface area is 406 Å². The van der Waals surface area contributed by atoms with E-state index < -0.39 is 24.4 Å². The fraction of sp³-hybridized carbons (Fsp3) is 0.821. The van der Waals surface area contributed by atoms with Crippen LogP contribution in [0.3, 0.4) is 0 Å². The second kappa shape index (κ2) is 43.9. The molecule has 0 radical (unpaired) electrons. The molecule has 384 valence electrons. The van der Waals surface area contributed by atoms with Crippen molar-refractivity contribution < 1.29 is 38.0 Å². The van der Waals surface area contributed by atoms with Crippen LogP contribution in [0, 0.1) is 5.92 Å². The molecule has 0 saturated carbocycles. The van der Waals surface area contributed by atoms with Gasteiger partial charge in [-0.05, 0) is 125 Å². The van der Waals surface area contributed by atoms with Crippen molar-refractivity contribution >= 4 is 11.9 Å². The molecule has 0 spiro atoms. The number of hydrogen-bond donors (Lipinski definition) is 0. The van der Waals surface area contributed by atoms with Crippen LogP contribution in [0.5, 0.6) is 0 Å². The van der Waals surface area contributed by atoms with E-state index in [2.05, 4.69) is 70.2 Å². The summed E-state index contributed by atoms with van der Waals surface area (Å²) in [6.45, 7) is 12.3. The number of unbranched alkanes of at least 4 members (excludes halogenated alkanes) is 14. The van der Waals surface area contributed by atoms with Crippen molar-refractivity contribution in [2.75, 3.05) is 80.9 Å². The molecular weight excluding hydrogens is 829 g/mol. The second-order valence-corrected chi connectivity index (χ2v) is 18.9. The molecule has 5 unspecified atom stereocenters. The quantitative estimate of drug-likeness (QED) is 0.0333. The van der Waals surface area contributed by atoms with Crippen molar-refractivity contribution in [3.05, 3.63) is 48.1 Å². The fourth-order valence-electron chi connectivity index (χ4n) is 7.59. The summed E-state index contributed by atoms with van der Waals surface area (Å²) in [6.07, 6.45) is 38.0.